The van der Waals surface area contributed by atoms with E-state index in [4.69, 9.17) is 5.73 Å². The van der Waals surface area contributed by atoms with Crippen LogP contribution < -0.4 is 5.73 Å². The Kier molecular flexibility index (Phi) is 15.0. The van der Waals surface area contributed by atoms with Crippen molar-refractivity contribution in [3.05, 3.63) is 12.2 Å². The van der Waals surface area contributed by atoms with Gasteiger partial charge in [0.1, 0.15) is 6.17 Å². The van der Waals surface area contributed by atoms with Crippen LogP contribution in [0.4, 0.5) is 0 Å². The Balaban J connectivity index is 1.82. The zero-order chi connectivity index (χ0) is 18.0. The number of unbranched alkanes of at least 4 members (excludes halogenated alkanes) is 11. The molecule has 1 atom stereocenters. The van der Waals surface area contributed by atoms with Gasteiger partial charge in [0.25, 0.3) is 0 Å². The number of nitrogens with zero attached hydrogens (tertiary/aromatic N) is 2. The van der Waals surface area contributed by atoms with Gasteiger partial charge in [0.2, 0.25) is 0 Å². The van der Waals surface area contributed by atoms with Crippen molar-refractivity contribution in [3.8, 4) is 0 Å². The monoisotopic (exact) mass is 349 g/mol. The van der Waals surface area contributed by atoms with Gasteiger partial charge in [0.15, 0.2) is 0 Å². The first-order chi connectivity index (χ1) is 12.4. The van der Waals surface area contributed by atoms with Crippen LogP contribution in [0.25, 0.3) is 0 Å². The molecule has 0 amide bonds. The van der Waals surface area contributed by atoms with Crippen LogP contribution in [-0.4, -0.2) is 36.9 Å². The van der Waals surface area contributed by atoms with Crippen molar-refractivity contribution in [2.45, 2.75) is 103 Å². The number of aliphatic imine (C=N–C) groups is 1. The number of allylic oxidation sites excluding steroid dienone is 2. The van der Waals surface area contributed by atoms with Gasteiger partial charge in [-0.2, -0.15) is 0 Å². The van der Waals surface area contributed by atoms with Crippen LogP contribution in [-0.2, 0) is 0 Å². The fourth-order valence-electron chi connectivity index (χ4n) is 3.56. The molecule has 0 radical (unpaired) electrons. The molecule has 0 aromatic rings. The van der Waals surface area contributed by atoms with Crippen molar-refractivity contribution < 1.29 is 0 Å². The molecular weight excluding hydrogens is 306 g/mol. The summed E-state index contributed by atoms with van der Waals surface area (Å²) in [5.74, 6) is 0. The maximum Gasteiger partial charge on any atom is 0.102 e. The summed E-state index contributed by atoms with van der Waals surface area (Å²) in [4.78, 5) is 6.92. The quantitative estimate of drug-likeness (QED) is 0.270. The molecule has 3 nitrogen and oxygen atoms in total. The van der Waals surface area contributed by atoms with Crippen LogP contribution in [0.1, 0.15) is 96.8 Å². The molecule has 1 unspecified atom stereocenters. The van der Waals surface area contributed by atoms with Crippen LogP contribution >= 0.6 is 0 Å². The molecule has 0 aliphatic carbocycles. The van der Waals surface area contributed by atoms with Gasteiger partial charge >= 0.3 is 0 Å². The van der Waals surface area contributed by atoms with Gasteiger partial charge in [-0.1, -0.05) is 83.3 Å². The topological polar surface area (TPSA) is 41.6 Å². The number of hydrogen-bond acceptors (Lipinski definition) is 3. The van der Waals surface area contributed by atoms with Gasteiger partial charge in [0, 0.05) is 25.8 Å². The molecule has 1 aliphatic heterocycles. The Morgan fingerprint density at radius 1 is 0.920 bits per heavy atom. The summed E-state index contributed by atoms with van der Waals surface area (Å²) in [6.07, 6.45) is 26.3. The van der Waals surface area contributed by atoms with E-state index >= 15 is 0 Å². The van der Waals surface area contributed by atoms with E-state index in [-0.39, 0.29) is 0 Å². The molecule has 1 aliphatic rings. The summed E-state index contributed by atoms with van der Waals surface area (Å²) in [5.41, 5.74) is 5.64. The molecule has 0 bridgehead atoms. The molecule has 0 fully saturated rings. The third-order valence-electron chi connectivity index (χ3n) is 5.16. The second-order valence-corrected chi connectivity index (χ2v) is 7.47. The van der Waals surface area contributed by atoms with Gasteiger partial charge in [-0.15, -0.1) is 0 Å². The number of hydrogen-bond donors (Lipinski definition) is 1. The molecule has 0 aromatic carbocycles. The normalized spacial score (nSPS) is 17.9. The molecule has 0 spiro atoms. The highest BCUT2D eigenvalue weighted by Gasteiger charge is 2.18. The summed E-state index contributed by atoms with van der Waals surface area (Å²) >= 11 is 0. The Bertz CT molecular complexity index is 338. The first-order valence-electron chi connectivity index (χ1n) is 11.0. The van der Waals surface area contributed by atoms with Crippen molar-refractivity contribution in [1.29, 1.82) is 0 Å². The molecule has 0 saturated carbocycles. The van der Waals surface area contributed by atoms with E-state index < -0.39 is 0 Å². The Hall–Kier alpha value is -0.670. The van der Waals surface area contributed by atoms with Crippen LogP contribution in [0.15, 0.2) is 17.1 Å². The highest BCUT2D eigenvalue weighted by molar-refractivity contribution is 5.62. The van der Waals surface area contributed by atoms with Gasteiger partial charge in [0.05, 0.1) is 0 Å². The Morgan fingerprint density at radius 2 is 1.52 bits per heavy atom. The number of rotatable bonds is 17. The lowest BCUT2D eigenvalue weighted by atomic mass is 10.1. The minimum absolute atomic E-state index is 0.371. The summed E-state index contributed by atoms with van der Waals surface area (Å²) in [7, 11) is 0. The molecule has 2 N–H and O–H groups in total. The van der Waals surface area contributed by atoms with Crippen molar-refractivity contribution >= 4 is 6.21 Å². The zero-order valence-corrected chi connectivity index (χ0v) is 16.8. The lowest BCUT2D eigenvalue weighted by Gasteiger charge is -2.21. The van der Waals surface area contributed by atoms with Crippen LogP contribution in [0.3, 0.4) is 0 Å². The average Bonchev–Trinajstić information content (AvgIpc) is 3.06. The predicted octanol–water partition coefficient (Wildman–Crippen LogP) is 5.70. The Morgan fingerprint density at radius 3 is 2.16 bits per heavy atom. The molecule has 146 valence electrons. The summed E-state index contributed by atoms with van der Waals surface area (Å²) < 4.78 is 0. The largest absolute Gasteiger partial charge is 0.329 e. The lowest BCUT2D eigenvalue weighted by Crippen LogP contribution is -2.34. The molecule has 0 aromatic heterocycles. The van der Waals surface area contributed by atoms with Gasteiger partial charge in [-0.25, -0.2) is 0 Å². The fraction of sp³-hybridized carbons (Fsp3) is 0.864. The third-order valence-corrected chi connectivity index (χ3v) is 5.16. The molecule has 1 rings (SSSR count). The molecule has 3 heteroatoms. The van der Waals surface area contributed by atoms with Crippen molar-refractivity contribution in [1.82, 2.24) is 4.90 Å². The van der Waals surface area contributed by atoms with Crippen LogP contribution in [0.2, 0.25) is 0 Å². The zero-order valence-electron chi connectivity index (χ0n) is 16.8. The van der Waals surface area contributed by atoms with Crippen LogP contribution in [0, 0.1) is 0 Å². The van der Waals surface area contributed by atoms with Crippen molar-refractivity contribution in [2.24, 2.45) is 10.7 Å². The molecular formula is C22H43N3. The van der Waals surface area contributed by atoms with Crippen LogP contribution in [0.5, 0.6) is 0 Å². The van der Waals surface area contributed by atoms with E-state index in [9.17, 15) is 0 Å². The maximum atomic E-state index is 5.64. The summed E-state index contributed by atoms with van der Waals surface area (Å²) in [6, 6.07) is 0. The molecule has 1 heterocycles. The molecule has 0 saturated heterocycles. The highest BCUT2D eigenvalue weighted by Crippen LogP contribution is 2.14. The van der Waals surface area contributed by atoms with Crippen molar-refractivity contribution in [2.75, 3.05) is 19.6 Å². The minimum Gasteiger partial charge on any atom is -0.329 e. The smallest absolute Gasteiger partial charge is 0.102 e. The van der Waals surface area contributed by atoms with Gasteiger partial charge in [-0.05, 0) is 25.7 Å². The fourth-order valence-corrected chi connectivity index (χ4v) is 3.56. The first kappa shape index (κ1) is 22.4. The first-order valence-corrected chi connectivity index (χ1v) is 11.0. The highest BCUT2D eigenvalue weighted by atomic mass is 15.3. The van der Waals surface area contributed by atoms with E-state index in [2.05, 4.69) is 29.0 Å². The lowest BCUT2D eigenvalue weighted by molar-refractivity contribution is 0.247. The van der Waals surface area contributed by atoms with E-state index in [1.54, 1.807) is 0 Å². The summed E-state index contributed by atoms with van der Waals surface area (Å²) in [6.45, 7) is 4.96. The SMILES string of the molecule is CCCCCCCCCCCCC/C=C/CCC1N=CCN1CCN. The second kappa shape index (κ2) is 16.8. The maximum absolute atomic E-state index is 5.64. The van der Waals surface area contributed by atoms with E-state index in [1.165, 1.54) is 77.0 Å². The second-order valence-electron chi connectivity index (χ2n) is 7.47. The van der Waals surface area contributed by atoms with Gasteiger partial charge < -0.3 is 5.73 Å². The standard InChI is InChI=1S/C22H43N3/c1-2-3-4-5-6-7-8-9-10-11-12-13-14-15-16-17-22-24-19-21-25(22)20-18-23/h14-15,19,22H,2-13,16-18,20-21,23H2,1H3/b15-14+. The molecule has 25 heavy (non-hydrogen) atoms. The number of nitrogens with two attached hydrogens (primary N) is 1. The van der Waals surface area contributed by atoms with Gasteiger partial charge in [-0.3, -0.25) is 9.89 Å². The Labute approximate surface area is 157 Å². The van der Waals surface area contributed by atoms with E-state index in [0.717, 1.165) is 32.5 Å². The third kappa shape index (κ3) is 12.3. The van der Waals surface area contributed by atoms with E-state index in [1.807, 2.05) is 6.21 Å². The summed E-state index contributed by atoms with van der Waals surface area (Å²) in [5, 5.41) is 0. The average molecular weight is 350 g/mol. The minimum atomic E-state index is 0.371. The van der Waals surface area contributed by atoms with Crippen molar-refractivity contribution in [3.63, 3.8) is 0 Å². The predicted molar refractivity (Wildman–Crippen MR) is 112 cm³/mol. The van der Waals surface area contributed by atoms with E-state index in [0.29, 0.717) is 6.17 Å².